The molecule has 8 rings (SSSR count). The van der Waals surface area contributed by atoms with Gasteiger partial charge in [-0.2, -0.15) is 0 Å². The number of fused-ring (bicyclic) bond motifs is 4. The van der Waals surface area contributed by atoms with E-state index in [0.29, 0.717) is 11.1 Å². The molecule has 0 aliphatic carbocycles. The molecule has 2 heterocycles. The smallest absolute Gasteiger partial charge is 0.340 e. The molecule has 0 saturated carbocycles. The molecular weight excluding hydrogens is 712 g/mol. The van der Waals surface area contributed by atoms with Gasteiger partial charge in [-0.05, 0) is 82.9 Å². The molecule has 56 heavy (non-hydrogen) atoms. The largest absolute Gasteiger partial charge is 0.453 e. The van der Waals surface area contributed by atoms with Gasteiger partial charge >= 0.3 is 11.9 Å². The van der Waals surface area contributed by atoms with Crippen LogP contribution < -0.4 is 0 Å². The number of hydrogen-bond acceptors (Lipinski definition) is 10. The fourth-order valence-electron chi connectivity index (χ4n) is 8.18. The fourth-order valence-corrected chi connectivity index (χ4v) is 8.18. The number of esters is 2. The number of carbonyl (C=O) groups excluding carboxylic acids is 2. The molecule has 290 valence electrons. The van der Waals surface area contributed by atoms with Gasteiger partial charge in [0.2, 0.25) is 0 Å². The minimum absolute atomic E-state index is 0.0481. The molecule has 6 atom stereocenters. The van der Waals surface area contributed by atoms with Crippen LogP contribution in [0.15, 0.2) is 109 Å². The minimum Gasteiger partial charge on any atom is -0.453 e. The molecule has 0 radical (unpaired) electrons. The van der Waals surface area contributed by atoms with Crippen molar-refractivity contribution in [3.63, 3.8) is 0 Å². The molecule has 2 aliphatic heterocycles. The first-order chi connectivity index (χ1) is 27.0. The second-order valence-corrected chi connectivity index (χ2v) is 15.2. The van der Waals surface area contributed by atoms with E-state index in [0.717, 1.165) is 43.1 Å². The van der Waals surface area contributed by atoms with Crippen LogP contribution >= 0.6 is 0 Å². The maximum absolute atomic E-state index is 14.7. The summed E-state index contributed by atoms with van der Waals surface area (Å²) >= 11 is 0. The summed E-state index contributed by atoms with van der Waals surface area (Å²) in [4.78, 5) is 29.5. The summed E-state index contributed by atoms with van der Waals surface area (Å²) in [6.45, 7) is 7.20. The summed E-state index contributed by atoms with van der Waals surface area (Å²) in [5.74, 6) is -3.43. The Morgan fingerprint density at radius 3 is 1.11 bits per heavy atom. The maximum Gasteiger partial charge on any atom is 0.340 e. The Morgan fingerprint density at radius 1 is 0.536 bits per heavy atom. The van der Waals surface area contributed by atoms with Gasteiger partial charge in [-0.25, -0.2) is 9.59 Å². The topological polar surface area (TPSA) is 108 Å². The lowest BCUT2D eigenvalue weighted by molar-refractivity contribution is -0.216. The van der Waals surface area contributed by atoms with Crippen LogP contribution in [0.5, 0.6) is 0 Å². The number of rotatable bonds is 11. The van der Waals surface area contributed by atoms with Crippen molar-refractivity contribution in [2.45, 2.75) is 75.9 Å². The van der Waals surface area contributed by atoms with E-state index < -0.39 is 60.1 Å². The van der Waals surface area contributed by atoms with Gasteiger partial charge in [-0.1, -0.05) is 97.1 Å². The van der Waals surface area contributed by atoms with Gasteiger partial charge in [-0.15, -0.1) is 0 Å². The van der Waals surface area contributed by atoms with E-state index in [4.69, 9.17) is 37.9 Å². The zero-order valence-corrected chi connectivity index (χ0v) is 32.4. The van der Waals surface area contributed by atoms with Gasteiger partial charge in [0.15, 0.2) is 36.0 Å². The van der Waals surface area contributed by atoms with Crippen LogP contribution in [0, 0.1) is 0 Å². The lowest BCUT2D eigenvalue weighted by Gasteiger charge is -2.35. The normalized spacial score (nSPS) is 21.2. The average Bonchev–Trinajstić information content (AvgIpc) is 3.75. The van der Waals surface area contributed by atoms with Gasteiger partial charge < -0.3 is 37.9 Å². The van der Waals surface area contributed by atoms with Crippen molar-refractivity contribution in [3.8, 4) is 0 Å². The Balaban J connectivity index is 1.21. The van der Waals surface area contributed by atoms with E-state index in [1.165, 1.54) is 14.2 Å². The number of ether oxygens (including phenoxy) is 8. The molecule has 2 saturated heterocycles. The quantitative estimate of drug-likeness (QED) is 0.0943. The SMILES string of the molecule is CO[C@@H](C(=O)O[C@H]([C@@H](OC(=O)[C@H](OC)c1c2ccccc2cc2ccccc12)[C@H]1COC(C)(C)O1)[C@H]1COC(C)(C)O1)c1c2ccccc2cc2ccccc12. The van der Waals surface area contributed by atoms with Gasteiger partial charge in [0.05, 0.1) is 13.2 Å². The van der Waals surface area contributed by atoms with E-state index in [-0.39, 0.29) is 13.2 Å². The van der Waals surface area contributed by atoms with Crippen LogP contribution in [0.1, 0.15) is 51.0 Å². The van der Waals surface area contributed by atoms with E-state index >= 15 is 0 Å². The highest BCUT2D eigenvalue weighted by molar-refractivity contribution is 6.06. The van der Waals surface area contributed by atoms with Crippen molar-refractivity contribution in [3.05, 3.63) is 120 Å². The maximum atomic E-state index is 14.7. The third kappa shape index (κ3) is 7.25. The lowest BCUT2D eigenvalue weighted by Crippen LogP contribution is -2.52. The number of carbonyl (C=O) groups is 2. The third-order valence-electron chi connectivity index (χ3n) is 10.7. The molecule has 0 bridgehead atoms. The summed E-state index contributed by atoms with van der Waals surface area (Å²) in [5.41, 5.74) is 1.32. The monoisotopic (exact) mass is 758 g/mol. The Hall–Kier alpha value is -4.94. The van der Waals surface area contributed by atoms with Crippen LogP contribution in [0.4, 0.5) is 0 Å². The molecule has 0 N–H and O–H groups in total. The molecule has 6 aromatic carbocycles. The molecule has 0 aromatic heterocycles. The predicted octanol–water partition coefficient (Wildman–Crippen LogP) is 8.50. The molecule has 2 aliphatic rings. The Bertz CT molecular complexity index is 2140. The van der Waals surface area contributed by atoms with Crippen molar-refractivity contribution in [1.82, 2.24) is 0 Å². The molecule has 0 amide bonds. The first-order valence-electron chi connectivity index (χ1n) is 18.9. The van der Waals surface area contributed by atoms with Crippen molar-refractivity contribution < 1.29 is 47.5 Å². The number of hydrogen-bond donors (Lipinski definition) is 0. The zero-order chi connectivity index (χ0) is 39.2. The van der Waals surface area contributed by atoms with Gasteiger partial charge in [0.25, 0.3) is 0 Å². The molecule has 10 nitrogen and oxygen atoms in total. The first-order valence-corrected chi connectivity index (χ1v) is 18.9. The van der Waals surface area contributed by atoms with Crippen LogP contribution in [0.25, 0.3) is 43.1 Å². The van der Waals surface area contributed by atoms with Crippen LogP contribution in [-0.4, -0.2) is 75.4 Å². The van der Waals surface area contributed by atoms with E-state index in [1.807, 2.05) is 97.1 Å². The van der Waals surface area contributed by atoms with Crippen molar-refractivity contribution >= 4 is 55.0 Å². The number of methoxy groups -OCH3 is 2. The number of benzene rings is 6. The molecule has 10 heteroatoms. The molecule has 6 aromatic rings. The summed E-state index contributed by atoms with van der Waals surface area (Å²) in [6.07, 6.45) is -6.49. The summed E-state index contributed by atoms with van der Waals surface area (Å²) in [5, 5.41) is 7.15. The predicted molar refractivity (Wildman–Crippen MR) is 212 cm³/mol. The zero-order valence-electron chi connectivity index (χ0n) is 32.4. The van der Waals surface area contributed by atoms with Gasteiger partial charge in [-0.3, -0.25) is 0 Å². The van der Waals surface area contributed by atoms with E-state index in [1.54, 1.807) is 27.7 Å². The van der Waals surface area contributed by atoms with Crippen LogP contribution in [0.2, 0.25) is 0 Å². The third-order valence-corrected chi connectivity index (χ3v) is 10.7. The standard InChI is InChI=1S/C46H46O10/c1-45(2)51-25-35(55-45)39(53-43(47)41(49-5)37-31-19-11-7-15-27(31)23-28-16-8-12-20-32(28)37)40(36-26-52-46(3,4)56-36)54-44(48)42(50-6)38-33-21-13-9-17-29(33)24-30-18-10-14-22-34(30)38/h7-24,35-36,39-42H,25-26H2,1-6H3/t35-,36-,39+,40+,41-,42-/m1/s1. The molecule has 2 fully saturated rings. The Kier molecular flexibility index (Phi) is 10.3. The molecular formula is C46H46O10. The van der Waals surface area contributed by atoms with Crippen LogP contribution in [0.3, 0.4) is 0 Å². The fraction of sp³-hybridized carbons (Fsp3) is 0.348. The second-order valence-electron chi connectivity index (χ2n) is 15.2. The van der Waals surface area contributed by atoms with Gasteiger partial charge in [0, 0.05) is 25.3 Å². The van der Waals surface area contributed by atoms with E-state index in [9.17, 15) is 9.59 Å². The summed E-state index contributed by atoms with van der Waals surface area (Å²) in [6, 6.07) is 35.5. The Morgan fingerprint density at radius 2 is 0.839 bits per heavy atom. The van der Waals surface area contributed by atoms with Crippen molar-refractivity contribution in [2.24, 2.45) is 0 Å². The Labute approximate surface area is 325 Å². The highest BCUT2D eigenvalue weighted by atomic mass is 16.8. The molecule has 0 spiro atoms. The van der Waals surface area contributed by atoms with Crippen LogP contribution in [-0.2, 0) is 47.5 Å². The lowest BCUT2D eigenvalue weighted by atomic mass is 9.93. The van der Waals surface area contributed by atoms with Crippen molar-refractivity contribution in [2.75, 3.05) is 27.4 Å². The summed E-state index contributed by atoms with van der Waals surface area (Å²) in [7, 11) is 2.95. The van der Waals surface area contributed by atoms with Crippen molar-refractivity contribution in [1.29, 1.82) is 0 Å². The summed E-state index contributed by atoms with van der Waals surface area (Å²) < 4.78 is 49.8. The highest BCUT2D eigenvalue weighted by Gasteiger charge is 2.51. The highest BCUT2D eigenvalue weighted by Crippen LogP contribution is 2.40. The minimum atomic E-state index is -1.23. The van der Waals surface area contributed by atoms with E-state index in [2.05, 4.69) is 12.1 Å². The molecule has 0 unspecified atom stereocenters. The van der Waals surface area contributed by atoms with Gasteiger partial charge in [0.1, 0.15) is 12.2 Å². The second kappa shape index (κ2) is 15.2. The average molecular weight is 759 g/mol. The first kappa shape index (κ1) is 38.0.